The summed E-state index contributed by atoms with van der Waals surface area (Å²) in [5.41, 5.74) is -0.103. The van der Waals surface area contributed by atoms with E-state index in [1.54, 1.807) is 10.8 Å². The fraction of sp³-hybridized carbons (Fsp3) is 0.400. The standard InChI is InChI=1S/C10H11BrN2O2/c1-3-10(2)7(11)5-13-4-6(8(14)15)12-9(10)13/h4-5H,3H2,1-2H3,(H,14,15). The summed E-state index contributed by atoms with van der Waals surface area (Å²) in [4.78, 5) is 14.9. The van der Waals surface area contributed by atoms with E-state index in [2.05, 4.69) is 27.8 Å². The van der Waals surface area contributed by atoms with Gasteiger partial charge in [0.2, 0.25) is 0 Å². The summed E-state index contributed by atoms with van der Waals surface area (Å²) < 4.78 is 2.81. The lowest BCUT2D eigenvalue weighted by molar-refractivity contribution is 0.0691. The van der Waals surface area contributed by atoms with E-state index < -0.39 is 5.97 Å². The third-order valence-electron chi connectivity index (χ3n) is 2.93. The second-order valence-electron chi connectivity index (χ2n) is 3.82. The van der Waals surface area contributed by atoms with Crippen molar-refractivity contribution in [2.75, 3.05) is 0 Å². The zero-order valence-corrected chi connectivity index (χ0v) is 10.1. The zero-order chi connectivity index (χ0) is 11.2. The molecule has 1 aliphatic heterocycles. The first kappa shape index (κ1) is 10.4. The smallest absolute Gasteiger partial charge is 0.356 e. The van der Waals surface area contributed by atoms with E-state index in [9.17, 15) is 4.79 Å². The fourth-order valence-corrected chi connectivity index (χ4v) is 2.38. The molecule has 0 radical (unpaired) electrons. The van der Waals surface area contributed by atoms with Crippen molar-refractivity contribution in [1.29, 1.82) is 0 Å². The Bertz CT molecular complexity index is 464. The summed E-state index contributed by atoms with van der Waals surface area (Å²) in [6.45, 7) is 4.10. The maximum absolute atomic E-state index is 10.8. The average Bonchev–Trinajstić information content (AvgIpc) is 2.68. The van der Waals surface area contributed by atoms with Crippen LogP contribution in [0.15, 0.2) is 10.7 Å². The predicted octanol–water partition coefficient (Wildman–Crippen LogP) is 2.46. The molecular formula is C10H11BrN2O2. The summed E-state index contributed by atoms with van der Waals surface area (Å²) in [6.07, 6.45) is 4.29. The normalized spacial score (nSPS) is 23.8. The van der Waals surface area contributed by atoms with E-state index in [4.69, 9.17) is 5.11 Å². The Morgan fingerprint density at radius 1 is 1.73 bits per heavy atom. The molecule has 1 atom stereocenters. The summed E-state index contributed by atoms with van der Waals surface area (Å²) in [5.74, 6) is -0.200. The Kier molecular flexibility index (Phi) is 2.22. The van der Waals surface area contributed by atoms with Crippen LogP contribution in [0.25, 0.3) is 6.20 Å². The molecular weight excluding hydrogens is 260 g/mol. The minimum atomic E-state index is -0.986. The molecule has 0 fully saturated rings. The van der Waals surface area contributed by atoms with Crippen LogP contribution in [0.5, 0.6) is 0 Å². The summed E-state index contributed by atoms with van der Waals surface area (Å²) in [7, 11) is 0. The highest BCUT2D eigenvalue weighted by atomic mass is 79.9. The van der Waals surface area contributed by atoms with Crippen molar-refractivity contribution in [1.82, 2.24) is 9.55 Å². The number of nitrogens with zero attached hydrogens (tertiary/aromatic N) is 2. The molecule has 15 heavy (non-hydrogen) atoms. The second kappa shape index (κ2) is 3.20. The molecule has 1 aliphatic rings. The molecule has 1 aromatic rings. The lowest BCUT2D eigenvalue weighted by Crippen LogP contribution is -2.20. The first-order valence-corrected chi connectivity index (χ1v) is 5.48. The number of hydrogen-bond acceptors (Lipinski definition) is 2. The summed E-state index contributed by atoms with van der Waals surface area (Å²) in [5, 5.41) is 8.84. The highest BCUT2D eigenvalue weighted by Crippen LogP contribution is 2.43. The molecule has 0 spiro atoms. The molecule has 1 aromatic heterocycles. The molecule has 0 amide bonds. The number of hydrogen-bond donors (Lipinski definition) is 1. The number of imidazole rings is 1. The van der Waals surface area contributed by atoms with Gasteiger partial charge in [-0.05, 0) is 13.3 Å². The number of aromatic nitrogens is 2. The molecule has 2 rings (SSSR count). The van der Waals surface area contributed by atoms with E-state index >= 15 is 0 Å². The molecule has 5 heteroatoms. The van der Waals surface area contributed by atoms with Gasteiger partial charge in [-0.25, -0.2) is 9.78 Å². The van der Waals surface area contributed by atoms with E-state index in [0.29, 0.717) is 0 Å². The maximum Gasteiger partial charge on any atom is 0.356 e. The number of rotatable bonds is 2. The van der Waals surface area contributed by atoms with Crippen molar-refractivity contribution in [2.45, 2.75) is 25.7 Å². The Morgan fingerprint density at radius 3 is 2.93 bits per heavy atom. The molecule has 0 saturated carbocycles. The van der Waals surface area contributed by atoms with Gasteiger partial charge in [0.1, 0.15) is 5.82 Å². The first-order valence-electron chi connectivity index (χ1n) is 4.69. The Balaban J connectivity index is 2.56. The van der Waals surface area contributed by atoms with Gasteiger partial charge in [-0.3, -0.25) is 0 Å². The van der Waals surface area contributed by atoms with Crippen LogP contribution >= 0.6 is 15.9 Å². The van der Waals surface area contributed by atoms with Gasteiger partial charge in [0, 0.05) is 16.9 Å². The number of carbonyl (C=O) groups is 1. The number of halogens is 1. The van der Waals surface area contributed by atoms with Crippen molar-refractivity contribution in [3.8, 4) is 0 Å². The second-order valence-corrected chi connectivity index (χ2v) is 4.68. The van der Waals surface area contributed by atoms with Gasteiger partial charge in [-0.1, -0.05) is 22.9 Å². The zero-order valence-electron chi connectivity index (χ0n) is 8.49. The van der Waals surface area contributed by atoms with Gasteiger partial charge < -0.3 is 9.67 Å². The monoisotopic (exact) mass is 270 g/mol. The number of carboxylic acid groups (broad SMARTS) is 1. The molecule has 1 unspecified atom stereocenters. The minimum absolute atomic E-state index is 0.0981. The highest BCUT2D eigenvalue weighted by Gasteiger charge is 2.38. The SMILES string of the molecule is CCC1(C)C(Br)=Cn2cc(C(=O)O)nc21. The van der Waals surface area contributed by atoms with Crippen LogP contribution in [-0.2, 0) is 5.41 Å². The highest BCUT2D eigenvalue weighted by molar-refractivity contribution is 9.11. The predicted molar refractivity (Wildman–Crippen MR) is 60.0 cm³/mol. The van der Waals surface area contributed by atoms with Gasteiger partial charge >= 0.3 is 5.97 Å². The van der Waals surface area contributed by atoms with E-state index in [-0.39, 0.29) is 11.1 Å². The molecule has 4 nitrogen and oxygen atoms in total. The first-order chi connectivity index (χ1) is 6.99. The molecule has 80 valence electrons. The average molecular weight is 271 g/mol. The van der Waals surface area contributed by atoms with Crippen LogP contribution in [0, 0.1) is 0 Å². The molecule has 0 aromatic carbocycles. The van der Waals surface area contributed by atoms with E-state index in [1.807, 2.05) is 13.1 Å². The topological polar surface area (TPSA) is 55.1 Å². The van der Waals surface area contributed by atoms with Gasteiger partial charge in [0.05, 0.1) is 5.41 Å². The quantitative estimate of drug-likeness (QED) is 0.898. The molecule has 0 saturated heterocycles. The largest absolute Gasteiger partial charge is 0.476 e. The van der Waals surface area contributed by atoms with E-state index in [0.717, 1.165) is 16.7 Å². The van der Waals surface area contributed by atoms with Gasteiger partial charge in [-0.2, -0.15) is 0 Å². The Labute approximate surface area is 95.8 Å². The number of aromatic carboxylic acids is 1. The summed E-state index contributed by atoms with van der Waals surface area (Å²) in [6, 6.07) is 0. The lowest BCUT2D eigenvalue weighted by atomic mass is 9.88. The molecule has 0 aliphatic carbocycles. The van der Waals surface area contributed by atoms with Crippen LogP contribution in [0.2, 0.25) is 0 Å². The summed E-state index contributed by atoms with van der Waals surface area (Å²) >= 11 is 3.50. The van der Waals surface area contributed by atoms with Gasteiger partial charge in [0.25, 0.3) is 0 Å². The van der Waals surface area contributed by atoms with Crippen molar-refractivity contribution in [2.24, 2.45) is 0 Å². The maximum atomic E-state index is 10.8. The molecule has 0 bridgehead atoms. The number of allylic oxidation sites excluding steroid dienone is 1. The van der Waals surface area contributed by atoms with Crippen molar-refractivity contribution in [3.63, 3.8) is 0 Å². The van der Waals surface area contributed by atoms with Crippen LogP contribution in [-0.4, -0.2) is 20.6 Å². The van der Waals surface area contributed by atoms with Crippen LogP contribution in [0.3, 0.4) is 0 Å². The van der Waals surface area contributed by atoms with Crippen LogP contribution in [0.1, 0.15) is 36.6 Å². The minimum Gasteiger partial charge on any atom is -0.476 e. The van der Waals surface area contributed by atoms with Crippen molar-refractivity contribution in [3.05, 3.63) is 22.2 Å². The van der Waals surface area contributed by atoms with E-state index in [1.165, 1.54) is 0 Å². The van der Waals surface area contributed by atoms with Gasteiger partial charge in [0.15, 0.2) is 5.69 Å². The number of fused-ring (bicyclic) bond motifs is 1. The third kappa shape index (κ3) is 1.33. The van der Waals surface area contributed by atoms with Gasteiger partial charge in [-0.15, -0.1) is 0 Å². The van der Waals surface area contributed by atoms with Crippen molar-refractivity contribution >= 4 is 28.1 Å². The molecule has 1 N–H and O–H groups in total. The number of carboxylic acids is 1. The van der Waals surface area contributed by atoms with Crippen LogP contribution in [0.4, 0.5) is 0 Å². The van der Waals surface area contributed by atoms with Crippen LogP contribution < -0.4 is 0 Å². The lowest BCUT2D eigenvalue weighted by Gasteiger charge is -2.21. The van der Waals surface area contributed by atoms with Crippen molar-refractivity contribution < 1.29 is 9.90 Å². The Hall–Kier alpha value is -1.10. The molecule has 2 heterocycles. The third-order valence-corrected chi connectivity index (χ3v) is 4.01. The Morgan fingerprint density at radius 2 is 2.40 bits per heavy atom. The fourth-order valence-electron chi connectivity index (χ4n) is 1.70.